The summed E-state index contributed by atoms with van der Waals surface area (Å²) < 4.78 is 17.5. The van der Waals surface area contributed by atoms with Crippen molar-refractivity contribution in [3.8, 4) is 22.8 Å². The van der Waals surface area contributed by atoms with Gasteiger partial charge in [0.15, 0.2) is 0 Å². The first kappa shape index (κ1) is 17.1. The predicted octanol–water partition coefficient (Wildman–Crippen LogP) is 5.04. The molecule has 0 saturated heterocycles. The first-order chi connectivity index (χ1) is 12.3. The van der Waals surface area contributed by atoms with Gasteiger partial charge in [0.1, 0.15) is 22.3 Å². The van der Waals surface area contributed by atoms with Crippen LogP contribution in [0.2, 0.25) is 0 Å². The summed E-state index contributed by atoms with van der Waals surface area (Å²) in [5.41, 5.74) is 1.55. The summed E-state index contributed by atoms with van der Waals surface area (Å²) in [6.45, 7) is 5.07. The van der Waals surface area contributed by atoms with E-state index in [4.69, 9.17) is 13.9 Å². The Bertz CT molecular complexity index is 897. The Morgan fingerprint density at radius 3 is 2.32 bits per heavy atom. The highest BCUT2D eigenvalue weighted by Crippen LogP contribution is 2.33. The zero-order chi connectivity index (χ0) is 17.6. The molecule has 0 saturated carbocycles. The number of hydrogen-bond acceptors (Lipinski definition) is 4. The van der Waals surface area contributed by atoms with Crippen molar-refractivity contribution < 1.29 is 13.9 Å². The van der Waals surface area contributed by atoms with Gasteiger partial charge in [-0.1, -0.05) is 50.2 Å². The van der Waals surface area contributed by atoms with Crippen LogP contribution in [0.4, 0.5) is 0 Å². The molecule has 0 fully saturated rings. The molecule has 0 spiro atoms. The van der Waals surface area contributed by atoms with Crippen molar-refractivity contribution in [3.05, 3.63) is 58.8 Å². The summed E-state index contributed by atoms with van der Waals surface area (Å²) in [7, 11) is 0. The van der Waals surface area contributed by atoms with E-state index in [0.29, 0.717) is 35.5 Å². The molecule has 130 valence electrons. The van der Waals surface area contributed by atoms with Crippen LogP contribution in [-0.2, 0) is 0 Å². The molecule has 3 rings (SSSR count). The van der Waals surface area contributed by atoms with Gasteiger partial charge in [0, 0.05) is 0 Å². The zero-order valence-electron chi connectivity index (χ0n) is 14.6. The van der Waals surface area contributed by atoms with Gasteiger partial charge in [0.2, 0.25) is 5.43 Å². The average molecular weight is 338 g/mol. The minimum atomic E-state index is -0.134. The molecule has 25 heavy (non-hydrogen) atoms. The summed E-state index contributed by atoms with van der Waals surface area (Å²) in [5.74, 6) is 0.811. The molecule has 1 aromatic heterocycles. The Balaban J connectivity index is 2.26. The van der Waals surface area contributed by atoms with Crippen LogP contribution in [0, 0.1) is 0 Å². The molecule has 0 N–H and O–H groups in total. The van der Waals surface area contributed by atoms with Crippen molar-refractivity contribution >= 4 is 11.0 Å². The van der Waals surface area contributed by atoms with Gasteiger partial charge in [-0.05, 0) is 30.5 Å². The van der Waals surface area contributed by atoms with E-state index in [1.165, 1.54) is 0 Å². The van der Waals surface area contributed by atoms with Crippen molar-refractivity contribution in [3.63, 3.8) is 0 Å². The molecule has 4 nitrogen and oxygen atoms in total. The lowest BCUT2D eigenvalue weighted by molar-refractivity contribution is 0.247. The molecule has 0 atom stereocenters. The monoisotopic (exact) mass is 338 g/mol. The maximum atomic E-state index is 13.3. The molecule has 0 radical (unpaired) electrons. The molecule has 0 aliphatic rings. The van der Waals surface area contributed by atoms with Gasteiger partial charge in [-0.3, -0.25) is 4.79 Å². The molecule has 0 amide bonds. The molecule has 0 aliphatic heterocycles. The SMILES string of the molecule is CCCOc1oc2cccc(OCCC)c2c(=O)c1-c1ccccc1. The maximum absolute atomic E-state index is 13.3. The average Bonchev–Trinajstić information content (AvgIpc) is 2.65. The Morgan fingerprint density at radius 1 is 0.880 bits per heavy atom. The molecule has 3 aromatic rings. The quantitative estimate of drug-likeness (QED) is 0.606. The Labute approximate surface area is 147 Å². The number of fused-ring (bicyclic) bond motifs is 1. The Morgan fingerprint density at radius 2 is 1.60 bits per heavy atom. The fourth-order valence-corrected chi connectivity index (χ4v) is 2.67. The third kappa shape index (κ3) is 3.53. The first-order valence-corrected chi connectivity index (χ1v) is 8.67. The molecule has 0 aliphatic carbocycles. The van der Waals surface area contributed by atoms with Crippen LogP contribution < -0.4 is 14.9 Å². The normalized spacial score (nSPS) is 10.8. The van der Waals surface area contributed by atoms with Crippen molar-refractivity contribution in [1.82, 2.24) is 0 Å². The third-order valence-electron chi connectivity index (χ3n) is 3.81. The van der Waals surface area contributed by atoms with Gasteiger partial charge in [-0.2, -0.15) is 0 Å². The predicted molar refractivity (Wildman–Crippen MR) is 99.5 cm³/mol. The van der Waals surface area contributed by atoms with Crippen molar-refractivity contribution in [2.75, 3.05) is 13.2 Å². The van der Waals surface area contributed by atoms with Crippen LogP contribution in [0.5, 0.6) is 11.7 Å². The fourth-order valence-electron chi connectivity index (χ4n) is 2.67. The van der Waals surface area contributed by atoms with Gasteiger partial charge < -0.3 is 13.9 Å². The van der Waals surface area contributed by atoms with Crippen molar-refractivity contribution in [2.45, 2.75) is 26.7 Å². The van der Waals surface area contributed by atoms with Gasteiger partial charge >= 0.3 is 0 Å². The van der Waals surface area contributed by atoms with Crippen molar-refractivity contribution in [2.24, 2.45) is 0 Å². The first-order valence-electron chi connectivity index (χ1n) is 8.67. The number of benzene rings is 2. The Kier molecular flexibility index (Phi) is 5.39. The summed E-state index contributed by atoms with van der Waals surface area (Å²) in [6.07, 6.45) is 1.70. The Hall–Kier alpha value is -2.75. The lowest BCUT2D eigenvalue weighted by Gasteiger charge is -2.13. The second-order valence-corrected chi connectivity index (χ2v) is 5.79. The van der Waals surface area contributed by atoms with E-state index in [9.17, 15) is 4.79 Å². The van der Waals surface area contributed by atoms with Gasteiger partial charge in [-0.15, -0.1) is 0 Å². The van der Waals surface area contributed by atoms with Crippen LogP contribution in [0.3, 0.4) is 0 Å². The summed E-state index contributed by atoms with van der Waals surface area (Å²) in [4.78, 5) is 13.3. The second-order valence-electron chi connectivity index (χ2n) is 5.79. The highest BCUT2D eigenvalue weighted by molar-refractivity contribution is 5.88. The van der Waals surface area contributed by atoms with E-state index in [-0.39, 0.29) is 11.4 Å². The standard InChI is InChI=1S/C21H22O4/c1-3-13-23-16-11-8-12-17-19(16)20(22)18(15-9-6-5-7-10-15)21(25-17)24-14-4-2/h5-12H,3-4,13-14H2,1-2H3. The van der Waals surface area contributed by atoms with Crippen LogP contribution in [-0.4, -0.2) is 13.2 Å². The number of ether oxygens (including phenoxy) is 2. The van der Waals surface area contributed by atoms with Gasteiger partial charge in [-0.25, -0.2) is 0 Å². The minimum absolute atomic E-state index is 0.134. The summed E-state index contributed by atoms with van der Waals surface area (Å²) in [6, 6.07) is 14.8. The summed E-state index contributed by atoms with van der Waals surface area (Å²) >= 11 is 0. The largest absolute Gasteiger partial charge is 0.493 e. The smallest absolute Gasteiger partial charge is 0.297 e. The summed E-state index contributed by atoms with van der Waals surface area (Å²) in [5, 5.41) is 0.457. The fraction of sp³-hybridized carbons (Fsp3) is 0.286. The zero-order valence-corrected chi connectivity index (χ0v) is 14.6. The van der Waals surface area contributed by atoms with E-state index < -0.39 is 0 Å². The van der Waals surface area contributed by atoms with E-state index in [0.717, 1.165) is 18.4 Å². The van der Waals surface area contributed by atoms with Crippen LogP contribution >= 0.6 is 0 Å². The molecular weight excluding hydrogens is 316 g/mol. The highest BCUT2D eigenvalue weighted by atomic mass is 16.6. The van der Waals surface area contributed by atoms with E-state index in [2.05, 4.69) is 0 Å². The molecule has 1 heterocycles. The second kappa shape index (κ2) is 7.88. The van der Waals surface area contributed by atoms with Crippen molar-refractivity contribution in [1.29, 1.82) is 0 Å². The molecule has 0 bridgehead atoms. The number of hydrogen-bond donors (Lipinski definition) is 0. The van der Waals surface area contributed by atoms with Crippen LogP contribution in [0.15, 0.2) is 57.7 Å². The van der Waals surface area contributed by atoms with E-state index in [1.807, 2.05) is 50.2 Å². The lowest BCUT2D eigenvalue weighted by atomic mass is 10.0. The van der Waals surface area contributed by atoms with E-state index >= 15 is 0 Å². The third-order valence-corrected chi connectivity index (χ3v) is 3.81. The van der Waals surface area contributed by atoms with Gasteiger partial charge in [0.05, 0.1) is 13.2 Å². The van der Waals surface area contributed by atoms with E-state index in [1.54, 1.807) is 12.1 Å². The lowest BCUT2D eigenvalue weighted by Crippen LogP contribution is -2.11. The molecule has 4 heteroatoms. The number of rotatable bonds is 7. The molecule has 0 unspecified atom stereocenters. The molecular formula is C21H22O4. The molecule has 2 aromatic carbocycles. The topological polar surface area (TPSA) is 48.7 Å². The highest BCUT2D eigenvalue weighted by Gasteiger charge is 2.20. The van der Waals surface area contributed by atoms with Crippen LogP contribution in [0.25, 0.3) is 22.1 Å². The maximum Gasteiger partial charge on any atom is 0.297 e. The minimum Gasteiger partial charge on any atom is -0.493 e. The van der Waals surface area contributed by atoms with Gasteiger partial charge in [0.25, 0.3) is 5.95 Å². The van der Waals surface area contributed by atoms with Crippen LogP contribution in [0.1, 0.15) is 26.7 Å².